The minimum absolute atomic E-state index is 0.620. The first-order valence-corrected chi connectivity index (χ1v) is 7.50. The Morgan fingerprint density at radius 1 is 1.09 bits per heavy atom. The fourth-order valence-corrected chi connectivity index (χ4v) is 2.54. The van der Waals surface area contributed by atoms with Crippen LogP contribution in [0.15, 0.2) is 43.2 Å². The summed E-state index contributed by atoms with van der Waals surface area (Å²) >= 11 is 0. The van der Waals surface area contributed by atoms with E-state index in [1.54, 1.807) is 29.6 Å². The summed E-state index contributed by atoms with van der Waals surface area (Å²) in [5.74, 6) is 1.33. The first-order chi connectivity index (χ1) is 11.4. The number of hydrogen-bond acceptors (Lipinski definition) is 7. The number of piperazine rings is 1. The zero-order valence-electron chi connectivity index (χ0n) is 12.5. The minimum Gasteiger partial charge on any atom is -0.338 e. The van der Waals surface area contributed by atoms with Gasteiger partial charge in [-0.3, -0.25) is 4.98 Å². The zero-order valence-corrected chi connectivity index (χ0v) is 12.5. The number of aromatic nitrogens is 6. The summed E-state index contributed by atoms with van der Waals surface area (Å²) in [6.07, 6.45) is 8.68. The highest BCUT2D eigenvalue weighted by Crippen LogP contribution is 2.18. The Morgan fingerprint density at radius 3 is 2.83 bits per heavy atom. The smallest absolute Gasteiger partial charge is 0.228 e. The van der Waals surface area contributed by atoms with Gasteiger partial charge in [-0.05, 0) is 12.1 Å². The van der Waals surface area contributed by atoms with Gasteiger partial charge < -0.3 is 10.2 Å². The lowest BCUT2D eigenvalue weighted by Gasteiger charge is -2.27. The highest BCUT2D eigenvalue weighted by Gasteiger charge is 2.14. The van der Waals surface area contributed by atoms with E-state index in [4.69, 9.17) is 0 Å². The van der Waals surface area contributed by atoms with Gasteiger partial charge in [0.1, 0.15) is 6.33 Å². The van der Waals surface area contributed by atoms with Crippen LogP contribution in [0.1, 0.15) is 0 Å². The molecule has 116 valence electrons. The molecule has 8 nitrogen and oxygen atoms in total. The molecule has 0 atom stereocenters. The standard InChI is InChI=1S/C15H16N8/c1-2-20-23(5-1)13-8-12(9-17-10-13)14-18-11-19-15(21-14)22-6-3-16-4-7-22/h1-2,5,8-11,16H,3-4,6-7H2. The summed E-state index contributed by atoms with van der Waals surface area (Å²) in [5, 5.41) is 7.54. The van der Waals surface area contributed by atoms with Gasteiger partial charge in [0.05, 0.1) is 11.9 Å². The van der Waals surface area contributed by atoms with E-state index in [0.29, 0.717) is 11.8 Å². The molecule has 0 bridgehead atoms. The molecule has 1 N–H and O–H groups in total. The van der Waals surface area contributed by atoms with Crippen LogP contribution in [0, 0.1) is 0 Å². The fourth-order valence-electron chi connectivity index (χ4n) is 2.54. The Balaban J connectivity index is 1.66. The average Bonchev–Trinajstić information content (AvgIpc) is 3.18. The predicted octanol–water partition coefficient (Wildman–Crippen LogP) is 0.529. The molecule has 1 aliphatic rings. The Bertz CT molecular complexity index is 780. The van der Waals surface area contributed by atoms with Crippen molar-refractivity contribution in [3.05, 3.63) is 43.2 Å². The summed E-state index contributed by atoms with van der Waals surface area (Å²) in [6.45, 7) is 3.68. The van der Waals surface area contributed by atoms with Crippen molar-refractivity contribution in [2.75, 3.05) is 31.1 Å². The third kappa shape index (κ3) is 2.88. The molecule has 4 heterocycles. The fraction of sp³-hybridized carbons (Fsp3) is 0.267. The number of anilines is 1. The summed E-state index contributed by atoms with van der Waals surface area (Å²) in [5.41, 5.74) is 1.72. The second-order valence-electron chi connectivity index (χ2n) is 5.23. The van der Waals surface area contributed by atoms with Gasteiger partial charge in [-0.25, -0.2) is 14.6 Å². The van der Waals surface area contributed by atoms with Gasteiger partial charge in [-0.15, -0.1) is 0 Å². The van der Waals surface area contributed by atoms with E-state index in [2.05, 4.69) is 35.3 Å². The molecular formula is C15H16N8. The predicted molar refractivity (Wildman–Crippen MR) is 85.3 cm³/mol. The van der Waals surface area contributed by atoms with Gasteiger partial charge in [-0.2, -0.15) is 10.1 Å². The zero-order chi connectivity index (χ0) is 15.5. The van der Waals surface area contributed by atoms with Crippen molar-refractivity contribution in [2.45, 2.75) is 0 Å². The molecule has 0 aliphatic carbocycles. The van der Waals surface area contributed by atoms with E-state index in [-0.39, 0.29) is 0 Å². The maximum atomic E-state index is 4.60. The number of hydrogen-bond donors (Lipinski definition) is 1. The van der Waals surface area contributed by atoms with Crippen LogP contribution in [-0.2, 0) is 0 Å². The van der Waals surface area contributed by atoms with Crippen LogP contribution in [0.25, 0.3) is 17.1 Å². The van der Waals surface area contributed by atoms with Gasteiger partial charge in [-0.1, -0.05) is 0 Å². The first kappa shape index (κ1) is 13.8. The summed E-state index contributed by atoms with van der Waals surface area (Å²) in [4.78, 5) is 19.6. The van der Waals surface area contributed by atoms with Crippen molar-refractivity contribution in [2.24, 2.45) is 0 Å². The van der Waals surface area contributed by atoms with Crippen molar-refractivity contribution in [1.29, 1.82) is 0 Å². The lowest BCUT2D eigenvalue weighted by Crippen LogP contribution is -2.44. The summed E-state index contributed by atoms with van der Waals surface area (Å²) in [7, 11) is 0. The van der Waals surface area contributed by atoms with Crippen molar-refractivity contribution in [3.8, 4) is 17.1 Å². The number of pyridine rings is 1. The average molecular weight is 308 g/mol. The molecule has 0 aromatic carbocycles. The van der Waals surface area contributed by atoms with Gasteiger partial charge in [0.2, 0.25) is 5.95 Å². The van der Waals surface area contributed by atoms with Crippen molar-refractivity contribution in [3.63, 3.8) is 0 Å². The van der Waals surface area contributed by atoms with E-state index in [1.165, 1.54) is 0 Å². The molecule has 0 radical (unpaired) electrons. The first-order valence-electron chi connectivity index (χ1n) is 7.50. The highest BCUT2D eigenvalue weighted by atomic mass is 15.3. The summed E-state index contributed by atoms with van der Waals surface area (Å²) in [6, 6.07) is 3.84. The molecular weight excluding hydrogens is 292 g/mol. The van der Waals surface area contributed by atoms with Crippen molar-refractivity contribution in [1.82, 2.24) is 35.0 Å². The van der Waals surface area contributed by atoms with E-state index in [0.717, 1.165) is 37.4 Å². The van der Waals surface area contributed by atoms with Crippen LogP contribution in [-0.4, -0.2) is 55.9 Å². The highest BCUT2D eigenvalue weighted by molar-refractivity contribution is 5.58. The molecule has 3 aromatic heterocycles. The van der Waals surface area contributed by atoms with E-state index in [1.807, 2.05) is 18.3 Å². The van der Waals surface area contributed by atoms with Gasteiger partial charge >= 0.3 is 0 Å². The van der Waals surface area contributed by atoms with Crippen LogP contribution < -0.4 is 10.2 Å². The molecule has 0 saturated carbocycles. The van der Waals surface area contributed by atoms with Crippen molar-refractivity contribution >= 4 is 5.95 Å². The lowest BCUT2D eigenvalue weighted by atomic mass is 10.2. The maximum absolute atomic E-state index is 4.60. The van der Waals surface area contributed by atoms with Crippen LogP contribution in [0.4, 0.5) is 5.95 Å². The van der Waals surface area contributed by atoms with Crippen LogP contribution in [0.2, 0.25) is 0 Å². The Kier molecular flexibility index (Phi) is 3.65. The molecule has 4 rings (SSSR count). The maximum Gasteiger partial charge on any atom is 0.228 e. The molecule has 1 fully saturated rings. The van der Waals surface area contributed by atoms with Crippen molar-refractivity contribution < 1.29 is 0 Å². The molecule has 0 unspecified atom stereocenters. The van der Waals surface area contributed by atoms with Crippen LogP contribution in [0.3, 0.4) is 0 Å². The van der Waals surface area contributed by atoms with Crippen LogP contribution >= 0.6 is 0 Å². The SMILES string of the molecule is c1cnn(-c2cncc(-c3ncnc(N4CCNCC4)n3)c2)c1. The summed E-state index contributed by atoms with van der Waals surface area (Å²) < 4.78 is 1.76. The Morgan fingerprint density at radius 2 is 2.00 bits per heavy atom. The van der Waals surface area contributed by atoms with E-state index in [9.17, 15) is 0 Å². The molecule has 3 aromatic rings. The second-order valence-corrected chi connectivity index (χ2v) is 5.23. The quantitative estimate of drug-likeness (QED) is 0.755. The number of rotatable bonds is 3. The van der Waals surface area contributed by atoms with Gasteiger partial charge in [0, 0.05) is 50.3 Å². The Hall–Kier alpha value is -2.87. The monoisotopic (exact) mass is 308 g/mol. The van der Waals surface area contributed by atoms with Crippen LogP contribution in [0.5, 0.6) is 0 Å². The minimum atomic E-state index is 0.620. The van der Waals surface area contributed by atoms with E-state index < -0.39 is 0 Å². The second kappa shape index (κ2) is 6.09. The van der Waals surface area contributed by atoms with E-state index >= 15 is 0 Å². The molecule has 0 spiro atoms. The third-order valence-corrected chi connectivity index (χ3v) is 3.71. The normalized spacial score (nSPS) is 14.9. The molecule has 1 aliphatic heterocycles. The Labute approximate surface area is 133 Å². The molecule has 23 heavy (non-hydrogen) atoms. The number of nitrogens with zero attached hydrogens (tertiary/aromatic N) is 7. The third-order valence-electron chi connectivity index (χ3n) is 3.71. The molecule has 0 amide bonds. The van der Waals surface area contributed by atoms with Gasteiger partial charge in [0.25, 0.3) is 0 Å². The van der Waals surface area contributed by atoms with Gasteiger partial charge in [0.15, 0.2) is 5.82 Å². The topological polar surface area (TPSA) is 84.7 Å². The molecule has 8 heteroatoms. The lowest BCUT2D eigenvalue weighted by molar-refractivity contribution is 0.579. The largest absolute Gasteiger partial charge is 0.338 e. The number of nitrogens with one attached hydrogen (secondary N) is 1. The molecule has 1 saturated heterocycles.